The monoisotopic (exact) mass is 450 g/mol. The smallest absolute Gasteiger partial charge is 0.406 e. The molecule has 11 heteroatoms. The van der Waals surface area contributed by atoms with Crippen LogP contribution in [0.3, 0.4) is 0 Å². The lowest BCUT2D eigenvalue weighted by atomic mass is 9.98. The van der Waals surface area contributed by atoms with Crippen molar-refractivity contribution in [3.8, 4) is 5.75 Å². The van der Waals surface area contributed by atoms with E-state index in [1.807, 2.05) is 0 Å². The van der Waals surface area contributed by atoms with Gasteiger partial charge in [0.15, 0.2) is 6.10 Å². The van der Waals surface area contributed by atoms with Crippen LogP contribution in [0.5, 0.6) is 5.75 Å². The lowest BCUT2D eigenvalue weighted by Crippen LogP contribution is -2.59. The van der Waals surface area contributed by atoms with Gasteiger partial charge in [-0.15, -0.1) is 13.2 Å². The molecule has 3 rings (SSSR count). The zero-order chi connectivity index (χ0) is 23.5. The van der Waals surface area contributed by atoms with Crippen LogP contribution in [0.1, 0.15) is 29.2 Å². The predicted octanol–water partition coefficient (Wildman–Crippen LogP) is 1.82. The Kier molecular flexibility index (Phi) is 6.68. The number of nitrogens with one attached hydrogen (secondary N) is 2. The first-order chi connectivity index (χ1) is 15.0. The van der Waals surface area contributed by atoms with Crippen LogP contribution >= 0.6 is 0 Å². The average Bonchev–Trinajstić information content (AvgIpc) is 2.70. The second kappa shape index (κ2) is 9.27. The highest BCUT2D eigenvalue weighted by Crippen LogP contribution is 2.28. The summed E-state index contributed by atoms with van der Waals surface area (Å²) in [4.78, 5) is 26.3. The predicted molar refractivity (Wildman–Crippen MR) is 108 cm³/mol. The number of halogens is 3. The van der Waals surface area contributed by atoms with E-state index in [0.29, 0.717) is 12.0 Å². The summed E-state index contributed by atoms with van der Waals surface area (Å²) in [5, 5.41) is 20.4. The van der Waals surface area contributed by atoms with E-state index in [1.54, 1.807) is 24.3 Å². The Hall–Kier alpha value is -3.60. The molecule has 5 N–H and O–H groups in total. The summed E-state index contributed by atoms with van der Waals surface area (Å²) in [6.07, 6.45) is -6.24. The molecule has 0 saturated carbocycles. The third-order valence-electron chi connectivity index (χ3n) is 4.98. The number of amides is 2. The molecule has 2 amide bonds. The summed E-state index contributed by atoms with van der Waals surface area (Å²) in [6, 6.07) is 10.4. The molecule has 170 valence electrons. The first-order valence-corrected chi connectivity index (χ1v) is 9.60. The molecule has 2 aromatic rings. The van der Waals surface area contributed by atoms with Crippen molar-refractivity contribution in [2.75, 3.05) is 6.54 Å². The molecule has 1 aliphatic rings. The van der Waals surface area contributed by atoms with Gasteiger partial charge in [0, 0.05) is 18.7 Å². The highest BCUT2D eigenvalue weighted by Gasteiger charge is 2.40. The molecule has 0 bridgehead atoms. The normalized spacial score (nSPS) is 16.6. The van der Waals surface area contributed by atoms with Crippen LogP contribution in [0, 0.1) is 5.41 Å². The minimum Gasteiger partial charge on any atom is -0.406 e. The van der Waals surface area contributed by atoms with E-state index in [4.69, 9.17) is 11.1 Å². The molecule has 0 aromatic heterocycles. The first kappa shape index (κ1) is 23.1. The standard InChI is InChI=1S/C21H21F3N4O4/c22-21(23,24)32-15-3-1-2-14(10-15)17(29)20(31)28-9-8-16(28)19(30)27-11-12-4-6-13(7-5-12)18(25)26/h1-7,10,16-17,29H,8-9,11H2,(H3,25,26)(H,27,30). The minimum atomic E-state index is -4.90. The molecule has 32 heavy (non-hydrogen) atoms. The Balaban J connectivity index is 1.59. The summed E-state index contributed by atoms with van der Waals surface area (Å²) in [5.74, 6) is -1.83. The van der Waals surface area contributed by atoms with Crippen molar-refractivity contribution < 1.29 is 32.6 Å². The van der Waals surface area contributed by atoms with Crippen molar-refractivity contribution in [3.05, 3.63) is 65.2 Å². The number of nitrogen functional groups attached to an aromatic ring is 1. The molecule has 1 fully saturated rings. The zero-order valence-electron chi connectivity index (χ0n) is 16.7. The number of aliphatic hydroxyl groups is 1. The number of ether oxygens (including phenoxy) is 1. The van der Waals surface area contributed by atoms with Crippen molar-refractivity contribution in [1.82, 2.24) is 10.2 Å². The van der Waals surface area contributed by atoms with Gasteiger partial charge >= 0.3 is 6.36 Å². The van der Waals surface area contributed by atoms with E-state index in [9.17, 15) is 27.9 Å². The van der Waals surface area contributed by atoms with Crippen molar-refractivity contribution >= 4 is 17.6 Å². The fraction of sp³-hybridized carbons (Fsp3) is 0.286. The number of likely N-dealkylation sites (tertiary alicyclic amines) is 1. The Morgan fingerprint density at radius 2 is 1.94 bits per heavy atom. The highest BCUT2D eigenvalue weighted by molar-refractivity contribution is 5.95. The van der Waals surface area contributed by atoms with E-state index in [1.165, 1.54) is 17.0 Å². The number of nitrogens with zero attached hydrogens (tertiary/aromatic N) is 1. The van der Waals surface area contributed by atoms with Crippen molar-refractivity contribution in [3.63, 3.8) is 0 Å². The van der Waals surface area contributed by atoms with Crippen LogP contribution in [0.4, 0.5) is 13.2 Å². The van der Waals surface area contributed by atoms with E-state index in [0.717, 1.165) is 17.7 Å². The molecule has 2 aromatic carbocycles. The number of aliphatic hydroxyl groups excluding tert-OH is 1. The number of nitrogens with two attached hydrogens (primary N) is 1. The van der Waals surface area contributed by atoms with E-state index in [2.05, 4.69) is 10.1 Å². The fourth-order valence-corrected chi connectivity index (χ4v) is 3.21. The molecule has 1 saturated heterocycles. The Morgan fingerprint density at radius 3 is 2.50 bits per heavy atom. The van der Waals surface area contributed by atoms with Gasteiger partial charge in [0.05, 0.1) is 0 Å². The van der Waals surface area contributed by atoms with Gasteiger partial charge in [-0.25, -0.2) is 0 Å². The third kappa shape index (κ3) is 5.55. The zero-order valence-corrected chi connectivity index (χ0v) is 16.7. The van der Waals surface area contributed by atoms with E-state index in [-0.39, 0.29) is 24.5 Å². The summed E-state index contributed by atoms with van der Waals surface area (Å²) < 4.78 is 41.0. The highest BCUT2D eigenvalue weighted by atomic mass is 19.4. The number of benzene rings is 2. The number of alkyl halides is 3. The molecule has 1 heterocycles. The molecular weight excluding hydrogens is 429 g/mol. The number of hydrogen-bond acceptors (Lipinski definition) is 5. The average molecular weight is 450 g/mol. The van der Waals surface area contributed by atoms with E-state index >= 15 is 0 Å². The van der Waals surface area contributed by atoms with Crippen molar-refractivity contribution in [2.45, 2.75) is 31.5 Å². The number of hydrogen-bond donors (Lipinski definition) is 4. The Morgan fingerprint density at radius 1 is 1.25 bits per heavy atom. The molecule has 0 aliphatic carbocycles. The minimum absolute atomic E-state index is 0.0710. The Bertz CT molecular complexity index is 1010. The second-order valence-corrected chi connectivity index (χ2v) is 7.19. The van der Waals surface area contributed by atoms with Crippen LogP contribution in [0.2, 0.25) is 0 Å². The van der Waals surface area contributed by atoms with Gasteiger partial charge in [0.2, 0.25) is 5.91 Å². The topological polar surface area (TPSA) is 129 Å². The summed E-state index contributed by atoms with van der Waals surface area (Å²) in [7, 11) is 0. The van der Waals surface area contributed by atoms with Crippen LogP contribution < -0.4 is 15.8 Å². The van der Waals surface area contributed by atoms with Gasteiger partial charge in [-0.2, -0.15) is 0 Å². The maximum atomic E-state index is 12.6. The van der Waals surface area contributed by atoms with Gasteiger partial charge < -0.3 is 25.8 Å². The summed E-state index contributed by atoms with van der Waals surface area (Å²) in [6.45, 7) is 0.426. The quantitative estimate of drug-likeness (QED) is 0.378. The first-order valence-electron chi connectivity index (χ1n) is 9.60. The van der Waals surface area contributed by atoms with Crippen molar-refractivity contribution in [2.24, 2.45) is 5.73 Å². The molecule has 0 radical (unpaired) electrons. The molecule has 2 unspecified atom stereocenters. The molecule has 8 nitrogen and oxygen atoms in total. The molecule has 1 aliphatic heterocycles. The van der Waals surface area contributed by atoms with Gasteiger partial charge in [0.25, 0.3) is 5.91 Å². The van der Waals surface area contributed by atoms with Crippen LogP contribution in [0.15, 0.2) is 48.5 Å². The van der Waals surface area contributed by atoms with Crippen molar-refractivity contribution in [1.29, 1.82) is 5.41 Å². The lowest BCUT2D eigenvalue weighted by Gasteiger charge is -2.40. The SMILES string of the molecule is N=C(N)c1ccc(CNC(=O)C2CCN2C(=O)C(O)c2cccc(OC(F)(F)F)c2)cc1. The maximum Gasteiger partial charge on any atom is 0.573 e. The number of amidine groups is 1. The lowest BCUT2D eigenvalue weighted by molar-refractivity contribution is -0.274. The molecular formula is C21H21F3N4O4. The summed E-state index contributed by atoms with van der Waals surface area (Å²) >= 11 is 0. The summed E-state index contributed by atoms with van der Waals surface area (Å²) in [5.41, 5.74) is 6.64. The number of carbonyl (C=O) groups is 2. The number of carbonyl (C=O) groups excluding carboxylic acids is 2. The third-order valence-corrected chi connectivity index (χ3v) is 4.98. The van der Waals surface area contributed by atoms with Gasteiger partial charge in [0.1, 0.15) is 17.6 Å². The van der Waals surface area contributed by atoms with Crippen LogP contribution in [0.25, 0.3) is 0 Å². The molecule has 0 spiro atoms. The van der Waals surface area contributed by atoms with Crippen LogP contribution in [-0.4, -0.2) is 46.6 Å². The van der Waals surface area contributed by atoms with Crippen LogP contribution in [-0.2, 0) is 16.1 Å². The van der Waals surface area contributed by atoms with Gasteiger partial charge in [-0.3, -0.25) is 15.0 Å². The number of rotatable bonds is 7. The Labute approximate surface area is 181 Å². The second-order valence-electron chi connectivity index (χ2n) is 7.19. The van der Waals surface area contributed by atoms with Gasteiger partial charge in [-0.05, 0) is 29.7 Å². The van der Waals surface area contributed by atoms with E-state index < -0.39 is 36.1 Å². The van der Waals surface area contributed by atoms with Gasteiger partial charge in [-0.1, -0.05) is 36.4 Å². The fourth-order valence-electron chi connectivity index (χ4n) is 3.21. The molecule has 2 atom stereocenters. The largest absolute Gasteiger partial charge is 0.573 e. The maximum absolute atomic E-state index is 12.6.